The van der Waals surface area contributed by atoms with Gasteiger partial charge in [0, 0.05) is 6.07 Å². The second kappa shape index (κ2) is 5.64. The van der Waals surface area contributed by atoms with Gasteiger partial charge in [-0.1, -0.05) is 18.2 Å². The van der Waals surface area contributed by atoms with Crippen molar-refractivity contribution < 1.29 is 14.8 Å². The first-order valence-electron chi connectivity index (χ1n) is 4.90. The summed E-state index contributed by atoms with van der Waals surface area (Å²) in [6.45, 7) is 3.44. The van der Waals surface area contributed by atoms with Gasteiger partial charge < -0.3 is 10.4 Å². The zero-order chi connectivity index (χ0) is 12.8. The van der Waals surface area contributed by atoms with Gasteiger partial charge in [-0.3, -0.25) is 10.1 Å². The number of aliphatic carboxylic acids is 1. The molecule has 0 aliphatic rings. The minimum Gasteiger partial charge on any atom is -0.480 e. The predicted molar refractivity (Wildman–Crippen MR) is 63.0 cm³/mol. The van der Waals surface area contributed by atoms with Crippen LogP contribution in [0.15, 0.2) is 36.9 Å². The van der Waals surface area contributed by atoms with Crippen LogP contribution in [0.4, 0.5) is 11.4 Å². The summed E-state index contributed by atoms with van der Waals surface area (Å²) in [7, 11) is 0. The Bertz CT molecular complexity index is 445. The first-order valence-corrected chi connectivity index (χ1v) is 4.90. The number of nitro benzene ring substituents is 1. The van der Waals surface area contributed by atoms with Gasteiger partial charge in [0.1, 0.15) is 11.7 Å². The van der Waals surface area contributed by atoms with Crippen molar-refractivity contribution in [1.29, 1.82) is 0 Å². The van der Waals surface area contributed by atoms with Crippen molar-refractivity contribution >= 4 is 17.3 Å². The topological polar surface area (TPSA) is 92.5 Å². The second-order valence-corrected chi connectivity index (χ2v) is 3.33. The molecule has 0 fully saturated rings. The molecule has 0 amide bonds. The van der Waals surface area contributed by atoms with Crippen molar-refractivity contribution in [2.75, 3.05) is 5.32 Å². The largest absolute Gasteiger partial charge is 0.480 e. The van der Waals surface area contributed by atoms with E-state index in [2.05, 4.69) is 11.9 Å². The quantitative estimate of drug-likeness (QED) is 0.448. The van der Waals surface area contributed by atoms with Crippen molar-refractivity contribution in [3.05, 3.63) is 47.0 Å². The van der Waals surface area contributed by atoms with Gasteiger partial charge in [0.25, 0.3) is 5.69 Å². The van der Waals surface area contributed by atoms with Gasteiger partial charge in [-0.25, -0.2) is 4.79 Å². The summed E-state index contributed by atoms with van der Waals surface area (Å²) in [5.74, 6) is -1.08. The zero-order valence-electron chi connectivity index (χ0n) is 9.00. The number of nitro groups is 1. The number of nitrogens with zero attached hydrogens (tertiary/aromatic N) is 1. The van der Waals surface area contributed by atoms with Gasteiger partial charge in [0.15, 0.2) is 0 Å². The van der Waals surface area contributed by atoms with E-state index in [1.807, 2.05) is 0 Å². The highest BCUT2D eigenvalue weighted by Crippen LogP contribution is 2.24. The van der Waals surface area contributed by atoms with Gasteiger partial charge in [-0.05, 0) is 12.5 Å². The summed E-state index contributed by atoms with van der Waals surface area (Å²) in [4.78, 5) is 21.1. The number of carbonyl (C=O) groups is 1. The number of carboxylic acid groups (broad SMARTS) is 1. The zero-order valence-corrected chi connectivity index (χ0v) is 9.00. The maximum Gasteiger partial charge on any atom is 0.326 e. The molecular formula is C11H12N2O4. The fraction of sp³-hybridized carbons (Fsp3) is 0.182. The van der Waals surface area contributed by atoms with E-state index in [1.54, 1.807) is 6.07 Å². The number of para-hydroxylation sites is 2. The Hall–Kier alpha value is -2.37. The molecule has 0 bridgehead atoms. The van der Waals surface area contributed by atoms with Gasteiger partial charge >= 0.3 is 5.97 Å². The van der Waals surface area contributed by atoms with Gasteiger partial charge in [0.05, 0.1) is 4.92 Å². The molecule has 1 atom stereocenters. The van der Waals surface area contributed by atoms with Crippen LogP contribution >= 0.6 is 0 Å². The Morgan fingerprint density at radius 3 is 2.76 bits per heavy atom. The van der Waals surface area contributed by atoms with Crippen LogP contribution in [0.2, 0.25) is 0 Å². The van der Waals surface area contributed by atoms with Crippen molar-refractivity contribution in [2.45, 2.75) is 12.5 Å². The number of carboxylic acids is 1. The second-order valence-electron chi connectivity index (χ2n) is 3.33. The molecule has 0 saturated heterocycles. The molecule has 0 spiro atoms. The predicted octanol–water partition coefficient (Wildman–Crippen LogP) is 2.04. The summed E-state index contributed by atoms with van der Waals surface area (Å²) in [5.41, 5.74) is 0.0366. The van der Waals surface area contributed by atoms with Gasteiger partial charge in [-0.2, -0.15) is 0 Å². The van der Waals surface area contributed by atoms with Gasteiger partial charge in [0.2, 0.25) is 0 Å². The van der Waals surface area contributed by atoms with E-state index in [9.17, 15) is 14.9 Å². The molecule has 0 saturated carbocycles. The van der Waals surface area contributed by atoms with E-state index >= 15 is 0 Å². The van der Waals surface area contributed by atoms with Crippen LogP contribution in [0.3, 0.4) is 0 Å². The smallest absolute Gasteiger partial charge is 0.326 e. The summed E-state index contributed by atoms with van der Waals surface area (Å²) in [6.07, 6.45) is 1.63. The van der Waals surface area contributed by atoms with Crippen LogP contribution in [0.25, 0.3) is 0 Å². The summed E-state index contributed by atoms with van der Waals surface area (Å²) < 4.78 is 0. The van der Waals surface area contributed by atoms with E-state index < -0.39 is 16.9 Å². The number of hydrogen-bond acceptors (Lipinski definition) is 4. The Kier molecular flexibility index (Phi) is 4.21. The lowest BCUT2D eigenvalue weighted by molar-refractivity contribution is -0.384. The normalized spacial score (nSPS) is 11.5. The Morgan fingerprint density at radius 2 is 2.24 bits per heavy atom. The minimum absolute atomic E-state index is 0.150. The first kappa shape index (κ1) is 12.7. The molecule has 0 aliphatic carbocycles. The molecule has 1 rings (SSSR count). The van der Waals surface area contributed by atoms with Crippen LogP contribution in [-0.4, -0.2) is 22.0 Å². The lowest BCUT2D eigenvalue weighted by atomic mass is 10.2. The highest BCUT2D eigenvalue weighted by molar-refractivity contribution is 5.79. The van der Waals surface area contributed by atoms with Crippen LogP contribution in [0.5, 0.6) is 0 Å². The van der Waals surface area contributed by atoms with Crippen molar-refractivity contribution in [1.82, 2.24) is 0 Å². The molecule has 0 heterocycles. The number of anilines is 1. The Labute approximate surface area is 97.7 Å². The number of benzene rings is 1. The molecule has 90 valence electrons. The van der Waals surface area contributed by atoms with Crippen LogP contribution < -0.4 is 5.32 Å². The molecule has 1 unspecified atom stereocenters. The lowest BCUT2D eigenvalue weighted by Gasteiger charge is -2.13. The molecule has 6 nitrogen and oxygen atoms in total. The van der Waals surface area contributed by atoms with E-state index in [0.29, 0.717) is 0 Å². The molecule has 6 heteroatoms. The van der Waals surface area contributed by atoms with E-state index in [0.717, 1.165) is 0 Å². The van der Waals surface area contributed by atoms with E-state index in [4.69, 9.17) is 5.11 Å². The summed E-state index contributed by atoms with van der Waals surface area (Å²) >= 11 is 0. The monoisotopic (exact) mass is 236 g/mol. The van der Waals surface area contributed by atoms with Crippen molar-refractivity contribution in [3.8, 4) is 0 Å². The molecule has 0 aliphatic heterocycles. The van der Waals surface area contributed by atoms with Crippen LogP contribution in [0.1, 0.15) is 6.42 Å². The number of hydrogen-bond donors (Lipinski definition) is 2. The van der Waals surface area contributed by atoms with Crippen LogP contribution in [0, 0.1) is 10.1 Å². The standard InChI is InChI=1S/C11H12N2O4/c1-2-5-9(11(14)15)12-8-6-3-4-7-10(8)13(16)17/h2-4,6-7,9,12H,1,5H2,(H,14,15). The molecular weight excluding hydrogens is 224 g/mol. The third-order valence-corrected chi connectivity index (χ3v) is 2.13. The van der Waals surface area contributed by atoms with Crippen molar-refractivity contribution in [2.24, 2.45) is 0 Å². The molecule has 2 N–H and O–H groups in total. The van der Waals surface area contributed by atoms with Crippen LogP contribution in [-0.2, 0) is 4.79 Å². The first-order chi connectivity index (χ1) is 8.06. The minimum atomic E-state index is -1.08. The van der Waals surface area contributed by atoms with Gasteiger partial charge in [-0.15, -0.1) is 6.58 Å². The summed E-state index contributed by atoms with van der Waals surface area (Å²) in [5, 5.41) is 22.3. The SMILES string of the molecule is C=CCC(Nc1ccccc1[N+](=O)[O-])C(=O)O. The number of nitrogens with one attached hydrogen (secondary N) is 1. The third-order valence-electron chi connectivity index (χ3n) is 2.13. The molecule has 17 heavy (non-hydrogen) atoms. The van der Waals surface area contributed by atoms with E-state index in [1.165, 1.54) is 24.3 Å². The fourth-order valence-corrected chi connectivity index (χ4v) is 1.33. The highest BCUT2D eigenvalue weighted by Gasteiger charge is 2.20. The Balaban J connectivity index is 2.96. The molecule has 1 aromatic carbocycles. The molecule has 0 radical (unpaired) electrons. The fourth-order valence-electron chi connectivity index (χ4n) is 1.33. The summed E-state index contributed by atoms with van der Waals surface area (Å²) in [6, 6.07) is 4.98. The molecule has 1 aromatic rings. The maximum atomic E-state index is 10.9. The average Bonchev–Trinajstić information content (AvgIpc) is 2.28. The lowest BCUT2D eigenvalue weighted by Crippen LogP contribution is -2.28. The maximum absolute atomic E-state index is 10.9. The third kappa shape index (κ3) is 3.30. The highest BCUT2D eigenvalue weighted by atomic mass is 16.6. The van der Waals surface area contributed by atoms with Crippen molar-refractivity contribution in [3.63, 3.8) is 0 Å². The average molecular weight is 236 g/mol. The number of rotatable bonds is 6. The molecule has 0 aromatic heterocycles. The van der Waals surface area contributed by atoms with E-state index in [-0.39, 0.29) is 17.8 Å². The Morgan fingerprint density at radius 1 is 1.59 bits per heavy atom.